The molecule has 1 aromatic carbocycles. The van der Waals surface area contributed by atoms with Crippen molar-refractivity contribution in [2.24, 2.45) is 0 Å². The Labute approximate surface area is 134 Å². The molecule has 6 heteroatoms. The van der Waals surface area contributed by atoms with Gasteiger partial charge in [-0.2, -0.15) is 0 Å². The Balaban J connectivity index is 1.81. The van der Waals surface area contributed by atoms with Gasteiger partial charge in [0.15, 0.2) is 0 Å². The molecule has 0 aliphatic carbocycles. The van der Waals surface area contributed by atoms with E-state index in [2.05, 4.69) is 0 Å². The van der Waals surface area contributed by atoms with Gasteiger partial charge in [0.05, 0.1) is 19.1 Å². The highest BCUT2D eigenvalue weighted by Crippen LogP contribution is 2.25. The first-order valence-electron chi connectivity index (χ1n) is 6.98. The third kappa shape index (κ3) is 5.15. The number of ether oxygens (including phenoxy) is 2. The van der Waals surface area contributed by atoms with Crippen LogP contribution in [0.5, 0.6) is 0 Å². The monoisotopic (exact) mass is 331 g/mol. The molecule has 1 aliphatic rings. The Hall–Kier alpha value is -0.810. The van der Waals surface area contributed by atoms with Crippen LogP contribution < -0.4 is 4.90 Å². The maximum absolute atomic E-state index is 12.1. The van der Waals surface area contributed by atoms with Crippen molar-refractivity contribution < 1.29 is 14.3 Å². The zero-order valence-electron chi connectivity index (χ0n) is 12.0. The summed E-state index contributed by atoms with van der Waals surface area (Å²) >= 11 is 11.9. The fraction of sp³-hybridized carbons (Fsp3) is 0.533. The lowest BCUT2D eigenvalue weighted by Gasteiger charge is -2.23. The quantitative estimate of drug-likeness (QED) is 0.828. The van der Waals surface area contributed by atoms with Crippen LogP contribution in [-0.4, -0.2) is 38.9 Å². The van der Waals surface area contributed by atoms with Crippen LogP contribution in [0, 0.1) is 0 Å². The summed E-state index contributed by atoms with van der Waals surface area (Å²) in [4.78, 5) is 13.7. The molecule has 0 N–H and O–H groups in total. The average Bonchev–Trinajstić information content (AvgIpc) is 2.46. The SMILES string of the molecule is CN(C(=O)CCOC1CCOCC1)c1cc(Cl)cc(Cl)c1. The summed E-state index contributed by atoms with van der Waals surface area (Å²) in [6.07, 6.45) is 2.33. The Morgan fingerprint density at radius 2 is 1.90 bits per heavy atom. The fourth-order valence-electron chi connectivity index (χ4n) is 2.20. The van der Waals surface area contributed by atoms with E-state index in [0.29, 0.717) is 28.8 Å². The van der Waals surface area contributed by atoms with Crippen molar-refractivity contribution in [1.29, 1.82) is 0 Å². The third-order valence-electron chi connectivity index (χ3n) is 3.45. The number of carbonyl (C=O) groups excluding carboxylic acids is 1. The highest BCUT2D eigenvalue weighted by molar-refractivity contribution is 6.35. The molecule has 0 saturated carbocycles. The molecule has 0 unspecified atom stereocenters. The van der Waals surface area contributed by atoms with Gasteiger partial charge in [0.2, 0.25) is 5.91 Å². The van der Waals surface area contributed by atoms with E-state index in [1.165, 1.54) is 0 Å². The van der Waals surface area contributed by atoms with Gasteiger partial charge in [-0.05, 0) is 31.0 Å². The van der Waals surface area contributed by atoms with Crippen molar-refractivity contribution in [3.63, 3.8) is 0 Å². The smallest absolute Gasteiger partial charge is 0.229 e. The third-order valence-corrected chi connectivity index (χ3v) is 3.88. The highest BCUT2D eigenvalue weighted by Gasteiger charge is 2.16. The Bertz CT molecular complexity index is 470. The summed E-state index contributed by atoms with van der Waals surface area (Å²) in [6, 6.07) is 5.06. The van der Waals surface area contributed by atoms with Crippen molar-refractivity contribution in [2.45, 2.75) is 25.4 Å². The summed E-state index contributed by atoms with van der Waals surface area (Å²) in [5.41, 5.74) is 0.684. The van der Waals surface area contributed by atoms with Crippen LogP contribution in [0.3, 0.4) is 0 Å². The standard InChI is InChI=1S/C15H19Cl2NO3/c1-18(13-9-11(16)8-12(17)10-13)15(19)4-7-21-14-2-5-20-6-3-14/h8-10,14H,2-7H2,1H3. The number of carbonyl (C=O) groups is 1. The van der Waals surface area contributed by atoms with E-state index in [9.17, 15) is 4.79 Å². The van der Waals surface area contributed by atoms with Gasteiger partial charge in [0, 0.05) is 36.0 Å². The minimum atomic E-state index is -0.0274. The molecule has 0 spiro atoms. The summed E-state index contributed by atoms with van der Waals surface area (Å²) in [5.74, 6) is -0.0274. The van der Waals surface area contributed by atoms with Gasteiger partial charge in [-0.25, -0.2) is 0 Å². The molecule has 1 amide bonds. The molecule has 2 rings (SSSR count). The number of rotatable bonds is 5. The Kier molecular flexibility index (Phi) is 6.30. The highest BCUT2D eigenvalue weighted by atomic mass is 35.5. The van der Waals surface area contributed by atoms with Gasteiger partial charge in [0.25, 0.3) is 0 Å². The van der Waals surface area contributed by atoms with Gasteiger partial charge in [-0.15, -0.1) is 0 Å². The van der Waals surface area contributed by atoms with Crippen LogP contribution in [-0.2, 0) is 14.3 Å². The second-order valence-electron chi connectivity index (χ2n) is 5.01. The number of nitrogens with zero attached hydrogens (tertiary/aromatic N) is 1. The van der Waals surface area contributed by atoms with E-state index in [4.69, 9.17) is 32.7 Å². The first kappa shape index (κ1) is 16.6. The number of amides is 1. The number of benzene rings is 1. The average molecular weight is 332 g/mol. The fourth-order valence-corrected chi connectivity index (χ4v) is 2.71. The normalized spacial score (nSPS) is 16.0. The molecule has 4 nitrogen and oxygen atoms in total. The molecule has 0 radical (unpaired) electrons. The summed E-state index contributed by atoms with van der Waals surface area (Å²) in [7, 11) is 1.71. The summed E-state index contributed by atoms with van der Waals surface area (Å²) in [5, 5.41) is 1.02. The van der Waals surface area contributed by atoms with E-state index in [-0.39, 0.29) is 12.0 Å². The number of hydrogen-bond acceptors (Lipinski definition) is 3. The van der Waals surface area contributed by atoms with Crippen LogP contribution in [0.1, 0.15) is 19.3 Å². The molecule has 0 atom stereocenters. The van der Waals surface area contributed by atoms with E-state index in [1.807, 2.05) is 0 Å². The molecule has 1 heterocycles. The lowest BCUT2D eigenvalue weighted by atomic mass is 10.1. The number of hydrogen-bond donors (Lipinski definition) is 0. The summed E-state index contributed by atoms with van der Waals surface area (Å²) in [6.45, 7) is 1.89. The van der Waals surface area contributed by atoms with Crippen molar-refractivity contribution in [2.75, 3.05) is 31.8 Å². The first-order valence-corrected chi connectivity index (χ1v) is 7.74. The van der Waals surface area contributed by atoms with Crippen LogP contribution in [0.4, 0.5) is 5.69 Å². The van der Waals surface area contributed by atoms with E-state index in [1.54, 1.807) is 30.1 Å². The Morgan fingerprint density at radius 3 is 2.52 bits per heavy atom. The zero-order valence-corrected chi connectivity index (χ0v) is 13.5. The Morgan fingerprint density at radius 1 is 1.29 bits per heavy atom. The van der Waals surface area contributed by atoms with Gasteiger partial charge in [0.1, 0.15) is 0 Å². The first-order chi connectivity index (χ1) is 10.1. The maximum Gasteiger partial charge on any atom is 0.229 e. The predicted molar refractivity (Wildman–Crippen MR) is 84.3 cm³/mol. The van der Waals surface area contributed by atoms with Crippen molar-refractivity contribution in [3.05, 3.63) is 28.2 Å². The van der Waals surface area contributed by atoms with Gasteiger partial charge < -0.3 is 14.4 Å². The van der Waals surface area contributed by atoms with E-state index in [0.717, 1.165) is 26.1 Å². The molecule has 0 aromatic heterocycles. The van der Waals surface area contributed by atoms with Gasteiger partial charge >= 0.3 is 0 Å². The molecule has 1 saturated heterocycles. The largest absolute Gasteiger partial charge is 0.381 e. The van der Waals surface area contributed by atoms with Crippen LogP contribution >= 0.6 is 23.2 Å². The molecule has 1 aliphatic heterocycles. The minimum Gasteiger partial charge on any atom is -0.381 e. The second-order valence-corrected chi connectivity index (χ2v) is 5.89. The van der Waals surface area contributed by atoms with Gasteiger partial charge in [-0.1, -0.05) is 23.2 Å². The van der Waals surface area contributed by atoms with Crippen molar-refractivity contribution in [1.82, 2.24) is 0 Å². The predicted octanol–water partition coefficient (Wildman–Crippen LogP) is 3.54. The maximum atomic E-state index is 12.1. The van der Waals surface area contributed by atoms with Crippen LogP contribution in [0.25, 0.3) is 0 Å². The van der Waals surface area contributed by atoms with E-state index < -0.39 is 0 Å². The van der Waals surface area contributed by atoms with Crippen LogP contribution in [0.2, 0.25) is 10.0 Å². The molecule has 1 fully saturated rings. The minimum absolute atomic E-state index is 0.0274. The molecule has 116 valence electrons. The van der Waals surface area contributed by atoms with E-state index >= 15 is 0 Å². The number of anilines is 1. The molecule has 1 aromatic rings. The van der Waals surface area contributed by atoms with Crippen molar-refractivity contribution >= 4 is 34.8 Å². The topological polar surface area (TPSA) is 38.8 Å². The number of halogens is 2. The summed E-state index contributed by atoms with van der Waals surface area (Å²) < 4.78 is 11.0. The zero-order chi connectivity index (χ0) is 15.2. The lowest BCUT2D eigenvalue weighted by Crippen LogP contribution is -2.29. The van der Waals surface area contributed by atoms with Crippen molar-refractivity contribution in [3.8, 4) is 0 Å². The van der Waals surface area contributed by atoms with Gasteiger partial charge in [-0.3, -0.25) is 4.79 Å². The molecular weight excluding hydrogens is 313 g/mol. The second kappa shape index (κ2) is 7.99. The molecule has 21 heavy (non-hydrogen) atoms. The lowest BCUT2D eigenvalue weighted by molar-refractivity contribution is -0.120. The molecular formula is C15H19Cl2NO3. The molecule has 0 bridgehead atoms. The van der Waals surface area contributed by atoms with Crippen LogP contribution in [0.15, 0.2) is 18.2 Å².